The van der Waals surface area contributed by atoms with E-state index >= 15 is 0 Å². The molecule has 1 aliphatic carbocycles. The molecule has 1 heterocycles. The van der Waals surface area contributed by atoms with E-state index in [0.29, 0.717) is 18.1 Å². The fraction of sp³-hybridized carbons (Fsp3) is 0.312. The van der Waals surface area contributed by atoms with Gasteiger partial charge in [-0.05, 0) is 12.8 Å². The average molecular weight is 282 g/mol. The van der Waals surface area contributed by atoms with E-state index in [0.717, 1.165) is 24.8 Å². The molecule has 3 rings (SSSR count). The van der Waals surface area contributed by atoms with Crippen molar-refractivity contribution in [1.82, 2.24) is 9.97 Å². The Hall–Kier alpha value is -2.27. The molecule has 1 fully saturated rings. The number of nitrogens with two attached hydrogens (primary N) is 1. The Morgan fingerprint density at radius 1 is 1.19 bits per heavy atom. The van der Waals surface area contributed by atoms with Crippen LogP contribution < -0.4 is 11.1 Å². The highest BCUT2D eigenvalue weighted by Crippen LogP contribution is 2.40. The molecule has 1 amide bonds. The number of benzene rings is 1. The van der Waals surface area contributed by atoms with Crippen LogP contribution in [0.25, 0.3) is 11.4 Å². The van der Waals surface area contributed by atoms with E-state index in [4.69, 9.17) is 5.73 Å². The number of nitrogens with one attached hydrogen (secondary N) is 1. The zero-order valence-electron chi connectivity index (χ0n) is 11.7. The van der Waals surface area contributed by atoms with Crippen molar-refractivity contribution >= 4 is 11.6 Å². The summed E-state index contributed by atoms with van der Waals surface area (Å²) in [6, 6.07) is 9.73. The van der Waals surface area contributed by atoms with Crippen molar-refractivity contribution in [1.29, 1.82) is 0 Å². The van der Waals surface area contributed by atoms with Crippen LogP contribution in [-0.4, -0.2) is 22.4 Å². The first-order chi connectivity index (χ1) is 10.2. The van der Waals surface area contributed by atoms with Gasteiger partial charge in [0.1, 0.15) is 0 Å². The second kappa shape index (κ2) is 5.61. The van der Waals surface area contributed by atoms with E-state index in [1.807, 2.05) is 30.3 Å². The monoisotopic (exact) mass is 282 g/mol. The zero-order chi connectivity index (χ0) is 14.7. The van der Waals surface area contributed by atoms with E-state index in [-0.39, 0.29) is 5.91 Å². The summed E-state index contributed by atoms with van der Waals surface area (Å²) in [6.07, 6.45) is 6.05. The molecule has 1 aromatic heterocycles. The molecule has 0 unspecified atom stereocenters. The van der Waals surface area contributed by atoms with Gasteiger partial charge in [0, 0.05) is 12.1 Å². The van der Waals surface area contributed by atoms with Crippen LogP contribution in [0.2, 0.25) is 0 Å². The minimum absolute atomic E-state index is 0.0210. The number of hydrogen-bond acceptors (Lipinski definition) is 4. The van der Waals surface area contributed by atoms with Gasteiger partial charge in [0.05, 0.1) is 23.5 Å². The maximum Gasteiger partial charge on any atom is 0.231 e. The molecule has 0 radical (unpaired) electrons. The van der Waals surface area contributed by atoms with Gasteiger partial charge in [-0.2, -0.15) is 0 Å². The summed E-state index contributed by atoms with van der Waals surface area (Å²) in [7, 11) is 0. The average Bonchev–Trinajstić information content (AvgIpc) is 2.48. The molecule has 108 valence electrons. The highest BCUT2D eigenvalue weighted by Gasteiger charge is 2.42. The predicted molar refractivity (Wildman–Crippen MR) is 81.4 cm³/mol. The summed E-state index contributed by atoms with van der Waals surface area (Å²) in [4.78, 5) is 20.8. The van der Waals surface area contributed by atoms with Crippen molar-refractivity contribution in [3.05, 3.63) is 42.7 Å². The molecule has 21 heavy (non-hydrogen) atoms. The third-order valence-corrected chi connectivity index (χ3v) is 4.12. The highest BCUT2D eigenvalue weighted by atomic mass is 16.2. The maximum atomic E-state index is 12.3. The minimum atomic E-state index is -0.391. The third kappa shape index (κ3) is 2.64. The molecule has 1 saturated carbocycles. The normalized spacial score (nSPS) is 16.0. The van der Waals surface area contributed by atoms with Crippen LogP contribution in [0.4, 0.5) is 5.69 Å². The predicted octanol–water partition coefficient (Wildman–Crippen LogP) is 2.21. The van der Waals surface area contributed by atoms with E-state index in [9.17, 15) is 4.79 Å². The van der Waals surface area contributed by atoms with Crippen molar-refractivity contribution in [2.45, 2.75) is 19.3 Å². The number of carbonyl (C=O) groups is 1. The lowest BCUT2D eigenvalue weighted by molar-refractivity contribution is -0.129. The van der Waals surface area contributed by atoms with E-state index in [1.165, 1.54) is 0 Å². The van der Waals surface area contributed by atoms with E-state index < -0.39 is 5.41 Å². The molecule has 1 aromatic carbocycles. The topological polar surface area (TPSA) is 80.9 Å². The fourth-order valence-corrected chi connectivity index (χ4v) is 2.52. The summed E-state index contributed by atoms with van der Waals surface area (Å²) in [5.74, 6) is 0.623. The lowest BCUT2D eigenvalue weighted by atomic mass is 9.68. The third-order valence-electron chi connectivity index (χ3n) is 4.12. The molecule has 0 saturated heterocycles. The quantitative estimate of drug-likeness (QED) is 0.901. The van der Waals surface area contributed by atoms with Gasteiger partial charge in [0.15, 0.2) is 5.82 Å². The van der Waals surface area contributed by atoms with Crippen LogP contribution in [-0.2, 0) is 4.79 Å². The molecule has 0 aliphatic heterocycles. The first kappa shape index (κ1) is 13.7. The number of amides is 1. The lowest BCUT2D eigenvalue weighted by Crippen LogP contribution is -2.47. The number of aromatic nitrogens is 2. The van der Waals surface area contributed by atoms with Gasteiger partial charge in [0.25, 0.3) is 0 Å². The number of carbonyl (C=O) groups excluding carboxylic acids is 1. The molecule has 0 spiro atoms. The second-order valence-electron chi connectivity index (χ2n) is 5.45. The Balaban J connectivity index is 1.72. The van der Waals surface area contributed by atoms with Crippen molar-refractivity contribution in [2.75, 3.05) is 11.9 Å². The van der Waals surface area contributed by atoms with Crippen LogP contribution in [0.1, 0.15) is 19.3 Å². The smallest absolute Gasteiger partial charge is 0.231 e. The Morgan fingerprint density at radius 2 is 1.86 bits per heavy atom. The summed E-state index contributed by atoms with van der Waals surface area (Å²) in [5.41, 5.74) is 6.90. The van der Waals surface area contributed by atoms with Gasteiger partial charge < -0.3 is 11.1 Å². The number of rotatable bonds is 4. The Bertz CT molecular complexity index is 615. The maximum absolute atomic E-state index is 12.3. The molecular weight excluding hydrogens is 264 g/mol. The Kier molecular flexibility index (Phi) is 3.66. The lowest BCUT2D eigenvalue weighted by Gasteiger charge is -2.38. The van der Waals surface area contributed by atoms with Gasteiger partial charge in [-0.25, -0.2) is 9.97 Å². The number of anilines is 1. The van der Waals surface area contributed by atoms with Crippen LogP contribution in [0.3, 0.4) is 0 Å². The highest BCUT2D eigenvalue weighted by molar-refractivity contribution is 5.95. The SMILES string of the molecule is NCC1(C(=O)Nc2cnc(-c3ccccc3)nc2)CCC1. The minimum Gasteiger partial charge on any atom is -0.329 e. The van der Waals surface area contributed by atoms with E-state index in [1.54, 1.807) is 12.4 Å². The van der Waals surface area contributed by atoms with Crippen molar-refractivity contribution < 1.29 is 4.79 Å². The van der Waals surface area contributed by atoms with Crippen LogP contribution in [0.15, 0.2) is 42.7 Å². The first-order valence-electron chi connectivity index (χ1n) is 7.12. The number of nitrogens with zero attached hydrogens (tertiary/aromatic N) is 2. The molecule has 1 aliphatic rings. The molecule has 5 nitrogen and oxygen atoms in total. The first-order valence-corrected chi connectivity index (χ1v) is 7.12. The van der Waals surface area contributed by atoms with Crippen molar-refractivity contribution in [2.24, 2.45) is 11.1 Å². The summed E-state index contributed by atoms with van der Waals surface area (Å²) >= 11 is 0. The fourth-order valence-electron chi connectivity index (χ4n) is 2.52. The Labute approximate surface area is 123 Å². The molecule has 3 N–H and O–H groups in total. The van der Waals surface area contributed by atoms with Gasteiger partial charge in [0.2, 0.25) is 5.91 Å². The summed E-state index contributed by atoms with van der Waals surface area (Å²) in [6.45, 7) is 0.391. The van der Waals surface area contributed by atoms with Crippen LogP contribution in [0, 0.1) is 5.41 Å². The zero-order valence-corrected chi connectivity index (χ0v) is 11.7. The molecule has 2 aromatic rings. The standard InChI is InChI=1S/C16H18N4O/c17-11-16(7-4-8-16)15(21)20-13-9-18-14(19-10-13)12-5-2-1-3-6-12/h1-3,5-6,9-10H,4,7-8,11,17H2,(H,20,21). The van der Waals surface area contributed by atoms with Crippen LogP contribution >= 0.6 is 0 Å². The molecule has 5 heteroatoms. The molecule has 0 atom stereocenters. The van der Waals surface area contributed by atoms with Gasteiger partial charge in [-0.15, -0.1) is 0 Å². The van der Waals surface area contributed by atoms with Gasteiger partial charge >= 0.3 is 0 Å². The second-order valence-corrected chi connectivity index (χ2v) is 5.45. The van der Waals surface area contributed by atoms with Crippen molar-refractivity contribution in [3.8, 4) is 11.4 Å². The molecular formula is C16H18N4O. The van der Waals surface area contributed by atoms with E-state index in [2.05, 4.69) is 15.3 Å². The van der Waals surface area contributed by atoms with Crippen LogP contribution in [0.5, 0.6) is 0 Å². The summed E-state index contributed by atoms with van der Waals surface area (Å²) < 4.78 is 0. The summed E-state index contributed by atoms with van der Waals surface area (Å²) in [5, 5.41) is 2.87. The largest absolute Gasteiger partial charge is 0.329 e. The Morgan fingerprint density at radius 3 is 2.38 bits per heavy atom. The molecule has 0 bridgehead atoms. The number of hydrogen-bond donors (Lipinski definition) is 2. The van der Waals surface area contributed by atoms with Gasteiger partial charge in [-0.1, -0.05) is 36.8 Å². The van der Waals surface area contributed by atoms with Crippen molar-refractivity contribution in [3.63, 3.8) is 0 Å². The van der Waals surface area contributed by atoms with Gasteiger partial charge in [-0.3, -0.25) is 4.79 Å².